The Morgan fingerprint density at radius 2 is 1.13 bits per heavy atom. The maximum absolute atomic E-state index is 13.7. The average molecular weight is 757 g/mol. The quantitative estimate of drug-likeness (QED) is 0.0475. The summed E-state index contributed by atoms with van der Waals surface area (Å²) >= 11 is 0. The summed E-state index contributed by atoms with van der Waals surface area (Å²) in [5, 5.41) is 52.5. The lowest BCUT2D eigenvalue weighted by Crippen LogP contribution is -2.85. The molecule has 4 saturated heterocycles. The van der Waals surface area contributed by atoms with Crippen molar-refractivity contribution in [2.75, 3.05) is 85.6 Å². The van der Waals surface area contributed by atoms with Crippen LogP contribution in [0.5, 0.6) is 0 Å². The van der Waals surface area contributed by atoms with Crippen LogP contribution in [-0.2, 0) is 33.6 Å². The van der Waals surface area contributed by atoms with Crippen molar-refractivity contribution in [3.05, 3.63) is 0 Å². The molecule has 2 amide bonds. The van der Waals surface area contributed by atoms with Crippen molar-refractivity contribution in [1.29, 1.82) is 0 Å². The van der Waals surface area contributed by atoms with E-state index >= 15 is 0 Å². The minimum absolute atomic E-state index is 0.0101. The van der Waals surface area contributed by atoms with E-state index in [1.807, 2.05) is 0 Å². The van der Waals surface area contributed by atoms with E-state index in [1.54, 1.807) is 0 Å². The number of aliphatic carboxylic acids is 5. The number of likely N-dealkylation sites (N-methyl/N-ethyl adjacent to an activating group) is 1. The van der Waals surface area contributed by atoms with Gasteiger partial charge in [-0.25, -0.2) is 19.2 Å². The molecule has 0 aliphatic carbocycles. The second kappa shape index (κ2) is 16.4. The summed E-state index contributed by atoms with van der Waals surface area (Å²) in [5.74, 6) is -7.67. The zero-order valence-corrected chi connectivity index (χ0v) is 30.5. The summed E-state index contributed by atoms with van der Waals surface area (Å²) in [6.45, 7) is 5.02. The number of amides is 2. The number of rotatable bonds is 24. The smallest absolute Gasteiger partial charge is 0.481 e. The van der Waals surface area contributed by atoms with Crippen molar-refractivity contribution >= 4 is 47.4 Å². The van der Waals surface area contributed by atoms with Crippen molar-refractivity contribution in [3.63, 3.8) is 0 Å². The van der Waals surface area contributed by atoms with Crippen LogP contribution < -0.4 is 10.6 Å². The van der Waals surface area contributed by atoms with Crippen LogP contribution in [-0.4, -0.2) is 188 Å². The zero-order valence-electron chi connectivity index (χ0n) is 30.5. The van der Waals surface area contributed by atoms with E-state index in [-0.39, 0.29) is 85.9 Å². The number of carbonyl (C=O) groups excluding carboxylic acids is 3. The number of nitrogens with zero attached hydrogens (tertiary/aromatic N) is 4. The molecule has 4 heterocycles. The lowest BCUT2D eigenvalue weighted by atomic mass is 9.93. The molecule has 53 heavy (non-hydrogen) atoms. The Balaban J connectivity index is 1.27. The fourth-order valence-electron chi connectivity index (χ4n) is 10.6. The van der Waals surface area contributed by atoms with Gasteiger partial charge in [-0.3, -0.25) is 19.2 Å². The van der Waals surface area contributed by atoms with Crippen molar-refractivity contribution < 1.29 is 81.8 Å². The van der Waals surface area contributed by atoms with Crippen LogP contribution in [0.25, 0.3) is 0 Å². The van der Waals surface area contributed by atoms with Crippen LogP contribution in [0, 0.1) is 5.92 Å². The highest BCUT2D eigenvalue weighted by molar-refractivity contribution is 5.86. The van der Waals surface area contributed by atoms with Crippen LogP contribution >= 0.6 is 0 Å². The Labute approximate surface area is 307 Å². The number of urea groups is 1. The molecule has 4 rings (SSSR count). The first-order valence-electron chi connectivity index (χ1n) is 18.5. The van der Waals surface area contributed by atoms with Gasteiger partial charge in [0.25, 0.3) is 0 Å². The topological polar surface area (TPSA) is 262 Å². The van der Waals surface area contributed by atoms with Gasteiger partial charge < -0.3 is 36.2 Å². The summed E-state index contributed by atoms with van der Waals surface area (Å²) < 4.78 is 1.51. The lowest BCUT2D eigenvalue weighted by molar-refractivity contribution is -1.36. The predicted octanol–water partition coefficient (Wildman–Crippen LogP) is -0.705. The van der Waals surface area contributed by atoms with Crippen molar-refractivity contribution in [3.8, 4) is 0 Å². The van der Waals surface area contributed by atoms with Crippen molar-refractivity contribution in [2.45, 2.75) is 76.2 Å². The third kappa shape index (κ3) is 8.17. The Hall–Kier alpha value is -4.20. The molecule has 4 aliphatic heterocycles. The summed E-state index contributed by atoms with van der Waals surface area (Å²) in [5.41, 5.74) is 0. The average Bonchev–Trinajstić information content (AvgIpc) is 3.68. The van der Waals surface area contributed by atoms with Gasteiger partial charge in [0.1, 0.15) is 64.2 Å². The largest absolute Gasteiger partial charge is 0.482 e. The number of unbranched alkanes of at least 4 members (excludes halogenated alkanes) is 2. The fraction of sp³-hybridized carbons (Fsp3) is 0.765. The number of nitrogens with one attached hydrogen (secondary N) is 2. The standard InChI is InChI=1S/C34H52N6O13/c1-37-12-14-38(16-17-40(23-30(47)48)19-18-39(15-13-37,22-29(45)46)34(37,38)40)21-26(42)7-4-2-3-6-24(31(49)50)20-25(41)9-10-27(32(51)52)36-33(53)35-11-5-8-28(43)44/h24,27H,2-23H2,1H3,(H3-4,35,36,43,44,45,46,47,48,49,50,51,52,53)/p+4/t24-,27+,34-,37?,38?,39?,40?/m1/s1. The first-order chi connectivity index (χ1) is 24.9. The maximum Gasteiger partial charge on any atom is 0.482 e. The van der Waals surface area contributed by atoms with Gasteiger partial charge >= 0.3 is 41.8 Å². The van der Waals surface area contributed by atoms with Crippen LogP contribution in [0.2, 0.25) is 0 Å². The number of hydrogen-bond acceptors (Lipinski definition) is 8. The molecule has 19 nitrogen and oxygen atoms in total. The van der Waals surface area contributed by atoms with Crippen molar-refractivity contribution in [2.24, 2.45) is 5.92 Å². The van der Waals surface area contributed by atoms with Crippen LogP contribution in [0.1, 0.15) is 64.2 Å². The monoisotopic (exact) mass is 756 g/mol. The first kappa shape index (κ1) is 41.6. The van der Waals surface area contributed by atoms with E-state index in [0.29, 0.717) is 67.5 Å². The van der Waals surface area contributed by atoms with Gasteiger partial charge in [-0.1, -0.05) is 12.8 Å². The van der Waals surface area contributed by atoms with Gasteiger partial charge in [-0.15, -0.1) is 8.97 Å². The Bertz CT molecular complexity index is 1470. The number of hydrogen-bond donors (Lipinski definition) is 7. The van der Waals surface area contributed by atoms with E-state index in [1.165, 1.54) is 0 Å². The molecule has 19 heteroatoms. The molecule has 0 saturated carbocycles. The Kier molecular flexibility index (Phi) is 12.9. The lowest BCUT2D eigenvalue weighted by Gasteiger charge is -2.49. The molecular formula is C34H56N6O13+4. The molecule has 1 spiro atoms. The predicted molar refractivity (Wildman–Crippen MR) is 181 cm³/mol. The number of carbonyl (C=O) groups is 8. The van der Waals surface area contributed by atoms with Gasteiger partial charge in [-0.05, 0) is 25.7 Å². The van der Waals surface area contributed by atoms with Crippen LogP contribution in [0.15, 0.2) is 0 Å². The zero-order chi connectivity index (χ0) is 39.2. The summed E-state index contributed by atoms with van der Waals surface area (Å²) in [6, 6.07) is -2.23. The Morgan fingerprint density at radius 1 is 0.585 bits per heavy atom. The first-order valence-corrected chi connectivity index (χ1v) is 18.5. The highest BCUT2D eigenvalue weighted by Crippen LogP contribution is 2.61. The molecule has 4 unspecified atom stereocenters. The number of Topliss-reactive ketones (excluding diaryl/α,β-unsaturated/α-hetero) is 2. The maximum atomic E-state index is 13.7. The number of carboxylic acid groups (broad SMARTS) is 5. The molecule has 0 bridgehead atoms. The second-order valence-electron chi connectivity index (χ2n) is 15.7. The molecule has 0 aromatic carbocycles. The minimum atomic E-state index is -1.40. The van der Waals surface area contributed by atoms with E-state index in [0.717, 1.165) is 13.1 Å². The van der Waals surface area contributed by atoms with E-state index in [4.69, 9.17) is 5.11 Å². The SMILES string of the molecule is C[N+]12CC[N+]3(CC(=O)O)CC[N+]4(CC(=O)O)CC[N+](CC(=O)CCCCC[C@H](CC(=O)CC[C@H](NC(=O)NCCCC(=O)O)C(=O)O)C(=O)O)(CC1)[C@]234. The van der Waals surface area contributed by atoms with E-state index in [2.05, 4.69) is 17.7 Å². The molecular weight excluding hydrogens is 700 g/mol. The van der Waals surface area contributed by atoms with E-state index < -0.39 is 59.5 Å². The van der Waals surface area contributed by atoms with Crippen LogP contribution in [0.4, 0.5) is 4.79 Å². The minimum Gasteiger partial charge on any atom is -0.481 e. The van der Waals surface area contributed by atoms with E-state index in [9.17, 15) is 58.8 Å². The van der Waals surface area contributed by atoms with Crippen LogP contribution in [0.3, 0.4) is 0 Å². The summed E-state index contributed by atoms with van der Waals surface area (Å²) in [7, 11) is 2.11. The summed E-state index contributed by atoms with van der Waals surface area (Å²) in [4.78, 5) is 97.0. The van der Waals surface area contributed by atoms with Gasteiger partial charge in [0.05, 0.1) is 13.0 Å². The highest BCUT2D eigenvalue weighted by atomic mass is 16.4. The molecule has 0 aromatic heterocycles. The molecule has 0 radical (unpaired) electrons. The van der Waals surface area contributed by atoms with Gasteiger partial charge in [0.15, 0.2) is 25.4 Å². The molecule has 4 fully saturated rings. The third-order valence-electron chi connectivity index (χ3n) is 12.4. The third-order valence-corrected chi connectivity index (χ3v) is 12.4. The van der Waals surface area contributed by atoms with Crippen molar-refractivity contribution in [1.82, 2.24) is 10.6 Å². The highest BCUT2D eigenvalue weighted by Gasteiger charge is 2.98. The van der Waals surface area contributed by atoms with Gasteiger partial charge in [0, 0.05) is 32.2 Å². The Morgan fingerprint density at radius 3 is 1.64 bits per heavy atom. The normalized spacial score (nSPS) is 30.5. The summed E-state index contributed by atoms with van der Waals surface area (Å²) in [6.07, 6.45) is 1.03. The second-order valence-corrected chi connectivity index (χ2v) is 15.7. The fourth-order valence-corrected chi connectivity index (χ4v) is 10.6. The number of ketones is 2. The van der Waals surface area contributed by atoms with Gasteiger partial charge in [-0.2, -0.15) is 8.97 Å². The molecule has 7 N–H and O–H groups in total. The number of carboxylic acids is 5. The molecule has 4 aliphatic rings. The molecule has 7 atom stereocenters. The molecule has 296 valence electrons. The van der Waals surface area contributed by atoms with Gasteiger partial charge in [0.2, 0.25) is 0 Å². The molecule has 0 aromatic rings. The number of quaternary nitrogens is 4.